The van der Waals surface area contributed by atoms with Gasteiger partial charge >= 0.3 is 6.09 Å². The lowest BCUT2D eigenvalue weighted by molar-refractivity contribution is -0.126. The fourth-order valence-electron chi connectivity index (χ4n) is 4.10. The zero-order chi connectivity index (χ0) is 26.4. The highest BCUT2D eigenvalue weighted by Gasteiger charge is 2.47. The lowest BCUT2D eigenvalue weighted by atomic mass is 10.00. The molecular formula is C28H31N5O4. The molecule has 4 rings (SSSR count). The number of aryl methyl sites for hydroxylation is 1. The van der Waals surface area contributed by atoms with E-state index in [2.05, 4.69) is 15.6 Å². The number of carbonyl (C=O) groups is 3. The zero-order valence-corrected chi connectivity index (χ0v) is 21.2. The fraction of sp³-hybridized carbons (Fsp3) is 0.286. The molecule has 37 heavy (non-hydrogen) atoms. The normalized spacial score (nSPS) is 17.0. The van der Waals surface area contributed by atoms with Crippen molar-refractivity contribution in [3.63, 3.8) is 0 Å². The molecule has 0 aliphatic carbocycles. The summed E-state index contributed by atoms with van der Waals surface area (Å²) in [7, 11) is 3.85. The lowest BCUT2D eigenvalue weighted by Crippen LogP contribution is -2.47. The predicted octanol–water partition coefficient (Wildman–Crippen LogP) is 3.38. The number of hydrogen-bond acceptors (Lipinski definition) is 6. The van der Waals surface area contributed by atoms with E-state index in [0.29, 0.717) is 29.9 Å². The van der Waals surface area contributed by atoms with Crippen LogP contribution in [0.25, 0.3) is 0 Å². The van der Waals surface area contributed by atoms with Crippen LogP contribution in [0.2, 0.25) is 0 Å². The Labute approximate surface area is 216 Å². The van der Waals surface area contributed by atoms with Crippen molar-refractivity contribution in [1.29, 1.82) is 0 Å². The number of hydrogen-bond donors (Lipinski definition) is 2. The number of aromatic nitrogens is 1. The van der Waals surface area contributed by atoms with Gasteiger partial charge in [0.1, 0.15) is 0 Å². The molecule has 2 N–H and O–H groups in total. The average Bonchev–Trinajstić information content (AvgIpc) is 3.21. The first kappa shape index (κ1) is 25.8. The van der Waals surface area contributed by atoms with Crippen LogP contribution in [-0.2, 0) is 16.1 Å². The van der Waals surface area contributed by atoms with Crippen molar-refractivity contribution in [3.8, 4) is 0 Å². The molecule has 2 heterocycles. The van der Waals surface area contributed by atoms with E-state index in [1.54, 1.807) is 42.6 Å². The van der Waals surface area contributed by atoms with Gasteiger partial charge in [-0.25, -0.2) is 4.79 Å². The van der Waals surface area contributed by atoms with Gasteiger partial charge in [-0.1, -0.05) is 42.0 Å². The largest absolute Gasteiger partial charge is 0.438 e. The SMILES string of the molecule is Cc1ccc(CN2C(=O)OC(c3cccc(NC(=O)c4cccnc4)c3)C2C(=O)NCCN(C)C)cc1. The van der Waals surface area contributed by atoms with Crippen LogP contribution in [0.4, 0.5) is 10.5 Å². The molecule has 0 bridgehead atoms. The Balaban J connectivity index is 1.58. The number of rotatable bonds is 9. The number of amides is 3. The van der Waals surface area contributed by atoms with Crippen molar-refractivity contribution in [2.24, 2.45) is 0 Å². The standard InChI is InChI=1S/C28H31N5O4/c1-19-9-11-20(12-10-19)18-33-24(27(35)30-14-15-32(2)3)25(37-28(33)36)21-6-4-8-23(16-21)31-26(34)22-7-5-13-29-17-22/h4-13,16-17,24-25H,14-15,18H2,1-3H3,(H,30,35)(H,31,34). The van der Waals surface area contributed by atoms with Gasteiger partial charge in [0, 0.05) is 31.2 Å². The summed E-state index contributed by atoms with van der Waals surface area (Å²) in [6, 6.07) is 17.3. The van der Waals surface area contributed by atoms with Gasteiger partial charge in [-0.15, -0.1) is 0 Å². The first-order valence-electron chi connectivity index (χ1n) is 12.1. The molecule has 0 saturated carbocycles. The molecule has 3 amide bonds. The number of benzene rings is 2. The van der Waals surface area contributed by atoms with Crippen LogP contribution in [0, 0.1) is 6.92 Å². The van der Waals surface area contributed by atoms with Gasteiger partial charge in [0.25, 0.3) is 5.91 Å². The van der Waals surface area contributed by atoms with Crippen LogP contribution >= 0.6 is 0 Å². The summed E-state index contributed by atoms with van der Waals surface area (Å²) in [5.41, 5.74) is 3.55. The van der Waals surface area contributed by atoms with Crippen molar-refractivity contribution in [2.45, 2.75) is 25.6 Å². The van der Waals surface area contributed by atoms with Gasteiger partial charge in [0.2, 0.25) is 5.91 Å². The maximum Gasteiger partial charge on any atom is 0.411 e. The molecule has 9 heteroatoms. The zero-order valence-electron chi connectivity index (χ0n) is 21.2. The van der Waals surface area contributed by atoms with E-state index in [4.69, 9.17) is 4.74 Å². The van der Waals surface area contributed by atoms with Gasteiger partial charge in [-0.3, -0.25) is 19.5 Å². The smallest absolute Gasteiger partial charge is 0.411 e. The van der Waals surface area contributed by atoms with Crippen molar-refractivity contribution in [1.82, 2.24) is 20.1 Å². The number of nitrogens with zero attached hydrogens (tertiary/aromatic N) is 3. The number of pyridine rings is 1. The maximum absolute atomic E-state index is 13.4. The van der Waals surface area contributed by atoms with Crippen LogP contribution in [0.15, 0.2) is 73.1 Å². The maximum atomic E-state index is 13.4. The van der Waals surface area contributed by atoms with E-state index in [1.807, 2.05) is 50.2 Å². The second kappa shape index (κ2) is 11.7. The molecule has 1 saturated heterocycles. The number of carbonyl (C=O) groups excluding carboxylic acids is 3. The van der Waals surface area contributed by atoms with Crippen molar-refractivity contribution in [3.05, 3.63) is 95.3 Å². The summed E-state index contributed by atoms with van der Waals surface area (Å²) < 4.78 is 5.75. The van der Waals surface area contributed by atoms with Crippen LogP contribution < -0.4 is 10.6 Å². The number of cyclic esters (lactones) is 1. The molecule has 1 aliphatic heterocycles. The third-order valence-electron chi connectivity index (χ3n) is 6.08. The second-order valence-corrected chi connectivity index (χ2v) is 9.28. The van der Waals surface area contributed by atoms with Gasteiger partial charge in [0.15, 0.2) is 12.1 Å². The Morgan fingerprint density at radius 2 is 1.86 bits per heavy atom. The molecule has 9 nitrogen and oxygen atoms in total. The highest BCUT2D eigenvalue weighted by Crippen LogP contribution is 2.35. The van der Waals surface area contributed by atoms with Crippen LogP contribution in [0.3, 0.4) is 0 Å². The van der Waals surface area contributed by atoms with E-state index in [0.717, 1.165) is 11.1 Å². The topological polar surface area (TPSA) is 104 Å². The third kappa shape index (κ3) is 6.50. The minimum absolute atomic E-state index is 0.235. The van der Waals surface area contributed by atoms with Gasteiger partial charge in [0.05, 0.1) is 12.1 Å². The summed E-state index contributed by atoms with van der Waals surface area (Å²) >= 11 is 0. The summed E-state index contributed by atoms with van der Waals surface area (Å²) in [5.74, 6) is -0.609. The van der Waals surface area contributed by atoms with Crippen molar-refractivity contribution >= 4 is 23.6 Å². The molecule has 2 aromatic carbocycles. The molecule has 3 aromatic rings. The van der Waals surface area contributed by atoms with E-state index in [1.165, 1.54) is 11.1 Å². The highest BCUT2D eigenvalue weighted by molar-refractivity contribution is 6.04. The number of anilines is 1. The molecule has 0 spiro atoms. The van der Waals surface area contributed by atoms with Gasteiger partial charge in [-0.05, 0) is 56.4 Å². The van der Waals surface area contributed by atoms with Crippen LogP contribution in [0.5, 0.6) is 0 Å². The quantitative estimate of drug-likeness (QED) is 0.466. The fourth-order valence-corrected chi connectivity index (χ4v) is 4.10. The first-order valence-corrected chi connectivity index (χ1v) is 12.1. The average molecular weight is 502 g/mol. The molecule has 2 atom stereocenters. The van der Waals surface area contributed by atoms with Crippen molar-refractivity contribution < 1.29 is 19.1 Å². The number of likely N-dealkylation sites (N-methyl/N-ethyl adjacent to an activating group) is 1. The molecular weight excluding hydrogens is 470 g/mol. The Bertz CT molecular complexity index is 1250. The molecule has 192 valence electrons. The van der Waals surface area contributed by atoms with E-state index in [-0.39, 0.29) is 18.4 Å². The van der Waals surface area contributed by atoms with E-state index >= 15 is 0 Å². The molecule has 2 unspecified atom stereocenters. The summed E-state index contributed by atoms with van der Waals surface area (Å²) in [6.45, 7) is 3.32. The molecule has 1 aliphatic rings. The Kier molecular flexibility index (Phi) is 8.15. The third-order valence-corrected chi connectivity index (χ3v) is 6.08. The van der Waals surface area contributed by atoms with E-state index < -0.39 is 18.2 Å². The molecule has 1 aromatic heterocycles. The van der Waals surface area contributed by atoms with Gasteiger partial charge < -0.3 is 20.3 Å². The lowest BCUT2D eigenvalue weighted by Gasteiger charge is -2.25. The summed E-state index contributed by atoms with van der Waals surface area (Å²) in [6.07, 6.45) is 1.67. The Hall–Kier alpha value is -4.24. The Morgan fingerprint density at radius 1 is 1.08 bits per heavy atom. The van der Waals surface area contributed by atoms with Crippen LogP contribution in [0.1, 0.15) is 33.2 Å². The van der Waals surface area contributed by atoms with Gasteiger partial charge in [-0.2, -0.15) is 0 Å². The van der Waals surface area contributed by atoms with E-state index in [9.17, 15) is 14.4 Å². The summed E-state index contributed by atoms with van der Waals surface area (Å²) in [4.78, 5) is 46.4. The monoisotopic (exact) mass is 501 g/mol. The predicted molar refractivity (Wildman–Crippen MR) is 140 cm³/mol. The number of ether oxygens (including phenoxy) is 1. The first-order chi connectivity index (χ1) is 17.8. The molecule has 1 fully saturated rings. The number of nitrogens with one attached hydrogen (secondary N) is 2. The minimum atomic E-state index is -0.875. The van der Waals surface area contributed by atoms with Crippen molar-refractivity contribution in [2.75, 3.05) is 32.5 Å². The highest BCUT2D eigenvalue weighted by atomic mass is 16.6. The van der Waals surface area contributed by atoms with Crippen LogP contribution in [-0.4, -0.2) is 65.9 Å². The summed E-state index contributed by atoms with van der Waals surface area (Å²) in [5, 5.41) is 5.78. The Morgan fingerprint density at radius 3 is 2.57 bits per heavy atom. The molecule has 0 radical (unpaired) electrons. The minimum Gasteiger partial charge on any atom is -0.438 e. The second-order valence-electron chi connectivity index (χ2n) is 9.28.